The molecule has 0 amide bonds. The Morgan fingerprint density at radius 1 is 1.00 bits per heavy atom. The second-order valence-corrected chi connectivity index (χ2v) is 5.14. The minimum Gasteiger partial charge on any atom is -0.504 e. The average Bonchev–Trinajstić information content (AvgIpc) is 2.77. The van der Waals surface area contributed by atoms with Gasteiger partial charge in [-0.2, -0.15) is 0 Å². The fourth-order valence-electron chi connectivity index (χ4n) is 2.47. The van der Waals surface area contributed by atoms with E-state index in [1.807, 2.05) is 0 Å². The lowest BCUT2D eigenvalue weighted by molar-refractivity contribution is 0.404. The molecule has 3 aromatic rings. The van der Waals surface area contributed by atoms with Gasteiger partial charge in [0.15, 0.2) is 11.5 Å². The largest absolute Gasteiger partial charge is 0.504 e. The summed E-state index contributed by atoms with van der Waals surface area (Å²) < 4.78 is 10.9. The van der Waals surface area contributed by atoms with Crippen LogP contribution in [0.3, 0.4) is 0 Å². The van der Waals surface area contributed by atoms with E-state index in [2.05, 4.69) is 6.92 Å². The third kappa shape index (κ3) is 2.35. The first-order valence-corrected chi connectivity index (χ1v) is 7.01. The number of hydrogen-bond acceptors (Lipinski definition) is 5. The van der Waals surface area contributed by atoms with E-state index in [4.69, 9.17) is 8.83 Å². The van der Waals surface area contributed by atoms with E-state index < -0.39 is 5.63 Å². The third-order valence-electron chi connectivity index (χ3n) is 3.56. The Bertz CT molecular complexity index is 856. The average molecular weight is 288 g/mol. The zero-order valence-electron chi connectivity index (χ0n) is 11.7. The first-order valence-electron chi connectivity index (χ1n) is 7.01. The summed E-state index contributed by atoms with van der Waals surface area (Å²) in [7, 11) is 0. The molecule has 0 aliphatic rings. The van der Waals surface area contributed by atoms with Crippen molar-refractivity contribution in [2.45, 2.75) is 32.6 Å². The van der Waals surface area contributed by atoms with E-state index in [-0.39, 0.29) is 11.5 Å². The van der Waals surface area contributed by atoms with Crippen molar-refractivity contribution in [1.82, 2.24) is 0 Å². The number of rotatable bonds is 4. The SMILES string of the molecule is CCCCCc1cc2oc3cc(O)c(O)cc3c2c(=O)o1. The Morgan fingerprint density at radius 3 is 2.52 bits per heavy atom. The van der Waals surface area contributed by atoms with Crippen LogP contribution < -0.4 is 5.63 Å². The van der Waals surface area contributed by atoms with E-state index in [1.165, 1.54) is 12.1 Å². The Balaban J connectivity index is 2.15. The van der Waals surface area contributed by atoms with Crippen LogP contribution in [0.4, 0.5) is 0 Å². The molecule has 2 N–H and O–H groups in total. The van der Waals surface area contributed by atoms with Crippen LogP contribution in [-0.2, 0) is 6.42 Å². The zero-order chi connectivity index (χ0) is 15.0. The lowest BCUT2D eigenvalue weighted by atomic mass is 10.1. The number of phenols is 2. The molecule has 1 aromatic carbocycles. The Hall–Kier alpha value is -2.43. The first-order chi connectivity index (χ1) is 10.1. The lowest BCUT2D eigenvalue weighted by Crippen LogP contribution is -2.01. The van der Waals surface area contributed by atoms with Gasteiger partial charge in [0.1, 0.15) is 22.3 Å². The highest BCUT2D eigenvalue weighted by molar-refractivity contribution is 6.05. The molecule has 0 bridgehead atoms. The summed E-state index contributed by atoms with van der Waals surface area (Å²) in [6.07, 6.45) is 3.80. The topological polar surface area (TPSA) is 83.8 Å². The summed E-state index contributed by atoms with van der Waals surface area (Å²) in [5.74, 6) is 0.0131. The molecule has 5 nitrogen and oxygen atoms in total. The fourth-order valence-corrected chi connectivity index (χ4v) is 2.47. The van der Waals surface area contributed by atoms with Gasteiger partial charge in [-0.3, -0.25) is 0 Å². The highest BCUT2D eigenvalue weighted by Crippen LogP contribution is 2.35. The number of fused-ring (bicyclic) bond motifs is 3. The molecule has 0 saturated carbocycles. The predicted molar refractivity (Wildman–Crippen MR) is 78.8 cm³/mol. The van der Waals surface area contributed by atoms with Crippen LogP contribution in [0.15, 0.2) is 31.8 Å². The molecule has 0 spiro atoms. The maximum Gasteiger partial charge on any atom is 0.347 e. The van der Waals surface area contributed by atoms with Gasteiger partial charge in [0.25, 0.3) is 0 Å². The molecule has 2 aromatic heterocycles. The second-order valence-electron chi connectivity index (χ2n) is 5.14. The third-order valence-corrected chi connectivity index (χ3v) is 3.56. The van der Waals surface area contributed by atoms with E-state index in [1.54, 1.807) is 6.07 Å². The molecular weight excluding hydrogens is 272 g/mol. The smallest absolute Gasteiger partial charge is 0.347 e. The van der Waals surface area contributed by atoms with Gasteiger partial charge in [-0.05, 0) is 12.5 Å². The van der Waals surface area contributed by atoms with Crippen LogP contribution in [-0.4, -0.2) is 10.2 Å². The number of hydrogen-bond donors (Lipinski definition) is 2. The molecule has 0 radical (unpaired) electrons. The summed E-state index contributed by atoms with van der Waals surface area (Å²) in [5, 5.41) is 19.8. The Kier molecular flexibility index (Phi) is 3.33. The van der Waals surface area contributed by atoms with Gasteiger partial charge in [0.05, 0.1) is 0 Å². The summed E-state index contributed by atoms with van der Waals surface area (Å²) in [4.78, 5) is 12.1. The van der Waals surface area contributed by atoms with Crippen molar-refractivity contribution in [2.24, 2.45) is 0 Å². The molecule has 21 heavy (non-hydrogen) atoms. The molecule has 0 aliphatic heterocycles. The molecule has 0 saturated heterocycles. The molecule has 0 unspecified atom stereocenters. The minimum atomic E-state index is -0.483. The van der Waals surface area contributed by atoms with Gasteiger partial charge >= 0.3 is 5.63 Å². The van der Waals surface area contributed by atoms with Crippen molar-refractivity contribution in [3.05, 3.63) is 34.4 Å². The molecule has 5 heteroatoms. The van der Waals surface area contributed by atoms with Crippen molar-refractivity contribution < 1.29 is 19.0 Å². The normalized spacial score (nSPS) is 11.5. The quantitative estimate of drug-likeness (QED) is 0.565. The van der Waals surface area contributed by atoms with E-state index in [9.17, 15) is 15.0 Å². The molecule has 0 fully saturated rings. The number of aromatic hydroxyl groups is 2. The van der Waals surface area contributed by atoms with Crippen LogP contribution in [0, 0.1) is 0 Å². The van der Waals surface area contributed by atoms with E-state index in [0.717, 1.165) is 19.3 Å². The van der Waals surface area contributed by atoms with Gasteiger partial charge in [-0.1, -0.05) is 19.8 Å². The van der Waals surface area contributed by atoms with Crippen LogP contribution in [0.2, 0.25) is 0 Å². The molecule has 3 rings (SSSR count). The van der Waals surface area contributed by atoms with Crippen LogP contribution in [0.1, 0.15) is 31.9 Å². The predicted octanol–water partition coefficient (Wildman–Crippen LogP) is 3.68. The fraction of sp³-hybridized carbons (Fsp3) is 0.312. The highest BCUT2D eigenvalue weighted by Gasteiger charge is 2.16. The van der Waals surface area contributed by atoms with Crippen molar-refractivity contribution in [3.63, 3.8) is 0 Å². The summed E-state index contributed by atoms with van der Waals surface area (Å²) in [6.45, 7) is 2.11. The first kappa shape index (κ1) is 13.5. The van der Waals surface area contributed by atoms with Gasteiger partial charge in [0, 0.05) is 23.9 Å². The minimum absolute atomic E-state index is 0.283. The number of benzene rings is 1. The Morgan fingerprint density at radius 2 is 1.76 bits per heavy atom. The van der Waals surface area contributed by atoms with Crippen molar-refractivity contribution in [2.75, 3.05) is 0 Å². The number of unbranched alkanes of at least 4 members (excludes halogenated alkanes) is 2. The van der Waals surface area contributed by atoms with Gasteiger partial charge in [-0.15, -0.1) is 0 Å². The van der Waals surface area contributed by atoms with E-state index >= 15 is 0 Å². The molecule has 110 valence electrons. The summed E-state index contributed by atoms with van der Waals surface area (Å²) >= 11 is 0. The monoisotopic (exact) mass is 288 g/mol. The van der Waals surface area contributed by atoms with Crippen LogP contribution in [0.25, 0.3) is 21.9 Å². The van der Waals surface area contributed by atoms with E-state index in [0.29, 0.717) is 34.1 Å². The molecule has 0 atom stereocenters. The maximum absolute atomic E-state index is 12.1. The maximum atomic E-state index is 12.1. The van der Waals surface area contributed by atoms with Gasteiger partial charge < -0.3 is 19.0 Å². The van der Waals surface area contributed by atoms with Crippen molar-refractivity contribution in [1.29, 1.82) is 0 Å². The molecule has 2 heterocycles. The lowest BCUT2D eigenvalue weighted by Gasteiger charge is -1.98. The number of furan rings is 1. The summed E-state index contributed by atoms with van der Waals surface area (Å²) in [5.41, 5.74) is 0.277. The van der Waals surface area contributed by atoms with Gasteiger partial charge in [-0.25, -0.2) is 4.79 Å². The van der Waals surface area contributed by atoms with Crippen molar-refractivity contribution in [3.8, 4) is 11.5 Å². The second kappa shape index (κ2) is 5.16. The van der Waals surface area contributed by atoms with Crippen LogP contribution >= 0.6 is 0 Å². The standard InChI is InChI=1S/C16H16O5/c1-2-3-4-5-9-6-14-15(16(19)20-9)10-7-11(17)12(18)8-13(10)21-14/h6-8,17-18H,2-5H2,1H3. The number of phenolic OH excluding ortho intramolecular Hbond substituents is 2. The van der Waals surface area contributed by atoms with Crippen molar-refractivity contribution >= 4 is 21.9 Å². The molecule has 0 aliphatic carbocycles. The summed E-state index contributed by atoms with van der Waals surface area (Å²) in [6, 6.07) is 4.31. The highest BCUT2D eigenvalue weighted by atomic mass is 16.4. The zero-order valence-corrected chi connectivity index (χ0v) is 11.7. The van der Waals surface area contributed by atoms with Crippen LogP contribution in [0.5, 0.6) is 11.5 Å². The van der Waals surface area contributed by atoms with Gasteiger partial charge in [0.2, 0.25) is 0 Å². The Labute approximate surface area is 120 Å². The number of aryl methyl sites for hydroxylation is 1. The molecular formula is C16H16O5.